The van der Waals surface area contributed by atoms with E-state index < -0.39 is 23.7 Å². The lowest BCUT2D eigenvalue weighted by Gasteiger charge is -2.14. The van der Waals surface area contributed by atoms with Crippen molar-refractivity contribution in [3.8, 4) is 23.0 Å². The molecule has 3 aromatic rings. The summed E-state index contributed by atoms with van der Waals surface area (Å²) in [6, 6.07) is 18.0. The molecule has 0 unspecified atom stereocenters. The minimum Gasteiger partial charge on any atom is -0.449 e. The number of hydrogen-bond acceptors (Lipinski definition) is 2. The molecule has 162 valence electrons. The predicted molar refractivity (Wildman–Crippen MR) is 111 cm³/mol. The molecule has 0 aliphatic heterocycles. The van der Waals surface area contributed by atoms with Crippen molar-refractivity contribution in [2.75, 3.05) is 13.2 Å². The Morgan fingerprint density at radius 2 is 1.59 bits per heavy atom. The molecule has 4 rings (SSSR count). The largest absolute Gasteiger partial charge is 0.449 e. The van der Waals surface area contributed by atoms with E-state index in [0.717, 1.165) is 34.4 Å². The highest BCUT2D eigenvalue weighted by atomic mass is 19.4. The monoisotopic (exact) mass is 439 g/mol. The first-order valence-electron chi connectivity index (χ1n) is 9.79. The van der Waals surface area contributed by atoms with E-state index in [-0.39, 0.29) is 24.6 Å². The maximum Gasteiger partial charge on any atom is 0.416 e. The molecule has 0 saturated carbocycles. The van der Waals surface area contributed by atoms with Gasteiger partial charge in [0.1, 0.15) is 12.4 Å². The molecule has 0 radical (unpaired) electrons. The second kappa shape index (κ2) is 8.75. The van der Waals surface area contributed by atoms with Crippen molar-refractivity contribution in [1.82, 2.24) is 5.32 Å². The third kappa shape index (κ3) is 4.45. The van der Waals surface area contributed by atoms with Crippen LogP contribution in [0.25, 0.3) is 11.1 Å². The predicted octanol–water partition coefficient (Wildman–Crippen LogP) is 5.73. The number of ether oxygens (including phenoxy) is 1. The van der Waals surface area contributed by atoms with Crippen LogP contribution < -0.4 is 5.32 Å². The van der Waals surface area contributed by atoms with Crippen molar-refractivity contribution in [1.29, 1.82) is 0 Å². The molecule has 1 N–H and O–H groups in total. The molecule has 0 bridgehead atoms. The third-order valence-electron chi connectivity index (χ3n) is 5.18. The van der Waals surface area contributed by atoms with E-state index in [9.17, 15) is 22.4 Å². The van der Waals surface area contributed by atoms with Gasteiger partial charge in [0.25, 0.3) is 0 Å². The Bertz CT molecular complexity index is 1180. The summed E-state index contributed by atoms with van der Waals surface area (Å²) >= 11 is 0. The van der Waals surface area contributed by atoms with Crippen LogP contribution in [-0.2, 0) is 10.9 Å². The van der Waals surface area contributed by atoms with Crippen LogP contribution in [0.1, 0.15) is 28.2 Å². The SMILES string of the molecule is O=C(NCC#Cc1ccc(C(F)(F)F)cc1F)OCC1c2ccccc2-c2ccccc21. The lowest BCUT2D eigenvalue weighted by molar-refractivity contribution is -0.137. The zero-order valence-corrected chi connectivity index (χ0v) is 16.7. The van der Waals surface area contributed by atoms with Crippen molar-refractivity contribution < 1.29 is 27.1 Å². The number of hydrogen-bond donors (Lipinski definition) is 1. The summed E-state index contributed by atoms with van der Waals surface area (Å²) in [6.45, 7) is -0.00203. The minimum absolute atomic E-state index is 0.0829. The first-order chi connectivity index (χ1) is 15.3. The fourth-order valence-corrected chi connectivity index (χ4v) is 3.70. The van der Waals surface area contributed by atoms with Gasteiger partial charge in [-0.1, -0.05) is 60.4 Å². The van der Waals surface area contributed by atoms with Crippen molar-refractivity contribution >= 4 is 6.09 Å². The average molecular weight is 439 g/mol. The third-order valence-corrected chi connectivity index (χ3v) is 5.18. The topological polar surface area (TPSA) is 38.3 Å². The van der Waals surface area contributed by atoms with Gasteiger partial charge in [-0.3, -0.25) is 0 Å². The van der Waals surface area contributed by atoms with Crippen LogP contribution in [0.3, 0.4) is 0 Å². The Labute approximate surface area is 182 Å². The maximum atomic E-state index is 13.8. The van der Waals surface area contributed by atoms with Gasteiger partial charge in [0.2, 0.25) is 0 Å². The van der Waals surface area contributed by atoms with Crippen molar-refractivity contribution in [2.45, 2.75) is 12.1 Å². The van der Waals surface area contributed by atoms with E-state index in [1.54, 1.807) is 0 Å². The molecule has 0 atom stereocenters. The molecule has 1 aliphatic carbocycles. The van der Waals surface area contributed by atoms with Gasteiger partial charge < -0.3 is 10.1 Å². The summed E-state index contributed by atoms with van der Waals surface area (Å²) in [5.41, 5.74) is 3.12. The van der Waals surface area contributed by atoms with Crippen LogP contribution in [0, 0.1) is 17.7 Å². The van der Waals surface area contributed by atoms with Crippen molar-refractivity contribution in [3.05, 3.63) is 94.8 Å². The molecular formula is C25H17F4NO2. The first-order valence-corrected chi connectivity index (χ1v) is 9.79. The van der Waals surface area contributed by atoms with Gasteiger partial charge in [0, 0.05) is 5.92 Å². The summed E-state index contributed by atoms with van der Waals surface area (Å²) in [5, 5.41) is 2.44. The Kier molecular flexibility index (Phi) is 5.87. The normalized spacial score (nSPS) is 12.4. The summed E-state index contributed by atoms with van der Waals surface area (Å²) < 4.78 is 56.9. The molecule has 0 heterocycles. The highest BCUT2D eigenvalue weighted by molar-refractivity contribution is 5.79. The number of alkyl halides is 3. The molecule has 7 heteroatoms. The Balaban J connectivity index is 1.34. The van der Waals surface area contributed by atoms with E-state index in [0.29, 0.717) is 6.07 Å². The summed E-state index contributed by atoms with van der Waals surface area (Å²) in [7, 11) is 0. The van der Waals surface area contributed by atoms with Crippen LogP contribution in [0.15, 0.2) is 66.7 Å². The molecule has 0 aromatic heterocycles. The zero-order valence-electron chi connectivity index (χ0n) is 16.7. The number of halogens is 4. The van der Waals surface area contributed by atoms with Crippen LogP contribution in [-0.4, -0.2) is 19.2 Å². The van der Waals surface area contributed by atoms with Gasteiger partial charge >= 0.3 is 12.3 Å². The number of amides is 1. The van der Waals surface area contributed by atoms with Gasteiger partial charge in [-0.05, 0) is 40.5 Å². The van der Waals surface area contributed by atoms with E-state index >= 15 is 0 Å². The molecule has 3 aromatic carbocycles. The Morgan fingerprint density at radius 3 is 2.19 bits per heavy atom. The molecule has 3 nitrogen and oxygen atoms in total. The highest BCUT2D eigenvalue weighted by Crippen LogP contribution is 2.44. The van der Waals surface area contributed by atoms with Gasteiger partial charge in [-0.2, -0.15) is 13.2 Å². The van der Waals surface area contributed by atoms with E-state index in [1.165, 1.54) is 0 Å². The van der Waals surface area contributed by atoms with E-state index in [1.807, 2.05) is 48.5 Å². The fourth-order valence-electron chi connectivity index (χ4n) is 3.70. The number of nitrogens with one attached hydrogen (secondary N) is 1. The fraction of sp³-hybridized carbons (Fsp3) is 0.160. The first kappa shape index (κ1) is 21.4. The molecular weight excluding hydrogens is 422 g/mol. The smallest absolute Gasteiger partial charge is 0.416 e. The minimum atomic E-state index is -4.63. The van der Waals surface area contributed by atoms with Gasteiger partial charge in [-0.15, -0.1) is 0 Å². The van der Waals surface area contributed by atoms with Gasteiger partial charge in [0.15, 0.2) is 0 Å². The van der Waals surface area contributed by atoms with Gasteiger partial charge in [-0.25, -0.2) is 9.18 Å². The Morgan fingerprint density at radius 1 is 0.969 bits per heavy atom. The van der Waals surface area contributed by atoms with Crippen molar-refractivity contribution in [2.24, 2.45) is 0 Å². The Hall–Kier alpha value is -3.79. The van der Waals surface area contributed by atoms with Gasteiger partial charge in [0.05, 0.1) is 17.7 Å². The van der Waals surface area contributed by atoms with Crippen molar-refractivity contribution in [3.63, 3.8) is 0 Å². The van der Waals surface area contributed by atoms with Crippen LogP contribution in [0.2, 0.25) is 0 Å². The van der Waals surface area contributed by atoms with E-state index in [4.69, 9.17) is 4.74 Å². The average Bonchev–Trinajstić information content (AvgIpc) is 3.09. The molecule has 0 spiro atoms. The molecule has 0 saturated heterocycles. The highest BCUT2D eigenvalue weighted by Gasteiger charge is 2.31. The number of rotatable bonds is 3. The number of fused-ring (bicyclic) bond motifs is 3. The number of carbonyl (C=O) groups excluding carboxylic acids is 1. The molecule has 0 fully saturated rings. The maximum absolute atomic E-state index is 13.8. The van der Waals surface area contributed by atoms with E-state index in [2.05, 4.69) is 17.2 Å². The second-order valence-electron chi connectivity index (χ2n) is 7.17. The standard InChI is InChI=1S/C25H17F4NO2/c26-23-14-17(25(27,28)29)12-11-16(23)6-5-13-30-24(31)32-15-22-20-9-3-1-7-18(20)19-8-2-4-10-21(19)22/h1-4,7-12,14,22H,13,15H2,(H,30,31). The number of carbonyl (C=O) groups is 1. The second-order valence-corrected chi connectivity index (χ2v) is 7.17. The van der Waals surface area contributed by atoms with Crippen LogP contribution in [0.4, 0.5) is 22.4 Å². The summed E-state index contributed by atoms with van der Waals surface area (Å²) in [5.74, 6) is 3.76. The quantitative estimate of drug-likeness (QED) is 0.418. The van der Waals surface area contributed by atoms with Crippen LogP contribution in [0.5, 0.6) is 0 Å². The molecule has 1 amide bonds. The molecule has 1 aliphatic rings. The zero-order chi connectivity index (χ0) is 22.7. The lowest BCUT2D eigenvalue weighted by atomic mass is 9.98. The lowest BCUT2D eigenvalue weighted by Crippen LogP contribution is -2.26. The summed E-state index contributed by atoms with van der Waals surface area (Å²) in [4.78, 5) is 12.1. The summed E-state index contributed by atoms with van der Waals surface area (Å²) in [6.07, 6.45) is -5.31. The van der Waals surface area contributed by atoms with Crippen LogP contribution >= 0.6 is 0 Å². The number of alkyl carbamates (subject to hydrolysis) is 1. The molecule has 32 heavy (non-hydrogen) atoms. The number of benzene rings is 3.